The molecule has 0 radical (unpaired) electrons. The summed E-state index contributed by atoms with van der Waals surface area (Å²) in [5, 5.41) is 10.1. The Morgan fingerprint density at radius 1 is 1.15 bits per heavy atom. The van der Waals surface area contributed by atoms with Crippen LogP contribution >= 0.6 is 0 Å². The standard InChI is InChI=1S/C18H19NO/c20-18-11-5-4-10-16-13-19(14-17(16)18)12-6-9-15-7-2-1-3-8-15/h1-3,7-8,13-14,18,20H,4-5,10-12H2. The lowest BCUT2D eigenvalue weighted by atomic mass is 10.1. The van der Waals surface area contributed by atoms with Gasteiger partial charge in [-0.3, -0.25) is 0 Å². The van der Waals surface area contributed by atoms with Crippen molar-refractivity contribution in [3.05, 3.63) is 59.4 Å². The van der Waals surface area contributed by atoms with Gasteiger partial charge in [-0.2, -0.15) is 0 Å². The molecule has 2 aromatic rings. The normalized spacial score (nSPS) is 17.8. The van der Waals surface area contributed by atoms with E-state index in [9.17, 15) is 5.11 Å². The Kier molecular flexibility index (Phi) is 3.90. The van der Waals surface area contributed by atoms with E-state index in [4.69, 9.17) is 0 Å². The first-order valence-corrected chi connectivity index (χ1v) is 7.23. The third-order valence-electron chi connectivity index (χ3n) is 3.80. The number of aryl methyl sites for hydroxylation is 1. The van der Waals surface area contributed by atoms with Crippen molar-refractivity contribution < 1.29 is 5.11 Å². The van der Waals surface area contributed by atoms with Crippen LogP contribution in [0.25, 0.3) is 0 Å². The van der Waals surface area contributed by atoms with Gasteiger partial charge in [-0.1, -0.05) is 36.5 Å². The van der Waals surface area contributed by atoms with E-state index in [1.807, 2.05) is 30.3 Å². The molecule has 1 heterocycles. The van der Waals surface area contributed by atoms with Crippen molar-refractivity contribution in [2.75, 3.05) is 0 Å². The van der Waals surface area contributed by atoms with Crippen molar-refractivity contribution in [3.8, 4) is 11.8 Å². The van der Waals surface area contributed by atoms with Crippen molar-refractivity contribution in [2.45, 2.75) is 38.3 Å². The highest BCUT2D eigenvalue weighted by Crippen LogP contribution is 2.29. The second kappa shape index (κ2) is 5.98. The molecule has 102 valence electrons. The van der Waals surface area contributed by atoms with Crippen LogP contribution in [0, 0.1) is 11.8 Å². The van der Waals surface area contributed by atoms with E-state index in [-0.39, 0.29) is 6.10 Å². The van der Waals surface area contributed by atoms with Gasteiger partial charge in [0.05, 0.1) is 12.6 Å². The van der Waals surface area contributed by atoms with Crippen molar-refractivity contribution in [3.63, 3.8) is 0 Å². The molecule has 0 amide bonds. The second-order valence-corrected chi connectivity index (χ2v) is 5.34. The molecule has 0 spiro atoms. The SMILES string of the molecule is OC1CCCCc2cn(CC#Cc3ccccc3)cc21. The van der Waals surface area contributed by atoms with E-state index in [1.54, 1.807) is 0 Å². The van der Waals surface area contributed by atoms with Gasteiger partial charge in [0, 0.05) is 23.5 Å². The molecule has 3 rings (SSSR count). The highest BCUT2D eigenvalue weighted by Gasteiger charge is 2.17. The van der Waals surface area contributed by atoms with Crippen molar-refractivity contribution in [1.82, 2.24) is 4.57 Å². The van der Waals surface area contributed by atoms with Gasteiger partial charge in [-0.05, 0) is 37.0 Å². The van der Waals surface area contributed by atoms with Gasteiger partial charge in [0.15, 0.2) is 0 Å². The molecule has 1 aliphatic carbocycles. The Balaban J connectivity index is 1.73. The summed E-state index contributed by atoms with van der Waals surface area (Å²) in [5.41, 5.74) is 3.43. The number of benzene rings is 1. The molecule has 0 fully saturated rings. The minimum absolute atomic E-state index is 0.296. The number of hydrogen-bond donors (Lipinski definition) is 1. The Bertz CT molecular complexity index is 630. The quantitative estimate of drug-likeness (QED) is 0.621. The zero-order valence-corrected chi connectivity index (χ0v) is 11.5. The van der Waals surface area contributed by atoms with E-state index >= 15 is 0 Å². The molecule has 1 unspecified atom stereocenters. The highest BCUT2D eigenvalue weighted by atomic mass is 16.3. The lowest BCUT2D eigenvalue weighted by molar-refractivity contribution is 0.166. The Morgan fingerprint density at radius 3 is 2.85 bits per heavy atom. The first-order valence-electron chi connectivity index (χ1n) is 7.23. The fraction of sp³-hybridized carbons (Fsp3) is 0.333. The van der Waals surface area contributed by atoms with Gasteiger partial charge in [-0.15, -0.1) is 0 Å². The van der Waals surface area contributed by atoms with Gasteiger partial charge in [0.2, 0.25) is 0 Å². The minimum atomic E-state index is -0.296. The third kappa shape index (κ3) is 2.95. The molecular formula is C18H19NO. The molecule has 1 N–H and O–H groups in total. The molecular weight excluding hydrogens is 246 g/mol. The molecule has 0 saturated heterocycles. The zero-order valence-electron chi connectivity index (χ0n) is 11.5. The monoisotopic (exact) mass is 265 g/mol. The van der Waals surface area contributed by atoms with Gasteiger partial charge in [0.25, 0.3) is 0 Å². The van der Waals surface area contributed by atoms with E-state index in [0.29, 0.717) is 6.54 Å². The molecule has 1 atom stereocenters. The molecule has 20 heavy (non-hydrogen) atoms. The van der Waals surface area contributed by atoms with Crippen LogP contribution < -0.4 is 0 Å². The van der Waals surface area contributed by atoms with E-state index in [2.05, 4.69) is 28.8 Å². The van der Waals surface area contributed by atoms with Gasteiger partial charge < -0.3 is 9.67 Å². The van der Waals surface area contributed by atoms with Crippen LogP contribution in [0.1, 0.15) is 42.1 Å². The summed E-state index contributed by atoms with van der Waals surface area (Å²) >= 11 is 0. The lowest BCUT2D eigenvalue weighted by Crippen LogP contribution is -1.96. The fourth-order valence-corrected chi connectivity index (χ4v) is 2.74. The number of aliphatic hydroxyl groups excluding tert-OH is 1. The maximum absolute atomic E-state index is 10.1. The van der Waals surface area contributed by atoms with Crippen molar-refractivity contribution in [2.24, 2.45) is 0 Å². The molecule has 2 heteroatoms. The largest absolute Gasteiger partial charge is 0.388 e. The summed E-state index contributed by atoms with van der Waals surface area (Å²) in [5.74, 6) is 6.35. The zero-order chi connectivity index (χ0) is 13.8. The predicted molar refractivity (Wildman–Crippen MR) is 80.3 cm³/mol. The van der Waals surface area contributed by atoms with Gasteiger partial charge in [0.1, 0.15) is 0 Å². The molecule has 0 bridgehead atoms. The van der Waals surface area contributed by atoms with E-state index in [0.717, 1.165) is 30.4 Å². The van der Waals surface area contributed by atoms with Gasteiger partial charge >= 0.3 is 0 Å². The number of nitrogens with zero attached hydrogens (tertiary/aromatic N) is 1. The average molecular weight is 265 g/mol. The maximum atomic E-state index is 10.1. The minimum Gasteiger partial charge on any atom is -0.388 e. The average Bonchev–Trinajstić information content (AvgIpc) is 2.80. The van der Waals surface area contributed by atoms with Crippen LogP contribution in [0.5, 0.6) is 0 Å². The fourth-order valence-electron chi connectivity index (χ4n) is 2.74. The van der Waals surface area contributed by atoms with E-state index < -0.39 is 0 Å². The Morgan fingerprint density at radius 2 is 2.00 bits per heavy atom. The second-order valence-electron chi connectivity index (χ2n) is 5.34. The predicted octanol–water partition coefficient (Wildman–Crippen LogP) is 3.30. The van der Waals surface area contributed by atoms with Gasteiger partial charge in [-0.25, -0.2) is 0 Å². The molecule has 1 aliphatic rings. The highest BCUT2D eigenvalue weighted by molar-refractivity contribution is 5.34. The topological polar surface area (TPSA) is 25.2 Å². The molecule has 1 aromatic heterocycles. The van der Waals surface area contributed by atoms with Crippen LogP contribution in [0.3, 0.4) is 0 Å². The number of rotatable bonds is 1. The van der Waals surface area contributed by atoms with Crippen LogP contribution in [-0.4, -0.2) is 9.67 Å². The Labute approximate surface area is 120 Å². The number of fused-ring (bicyclic) bond motifs is 1. The van der Waals surface area contributed by atoms with Crippen LogP contribution in [0.4, 0.5) is 0 Å². The van der Waals surface area contributed by atoms with Crippen molar-refractivity contribution >= 4 is 0 Å². The van der Waals surface area contributed by atoms with Crippen LogP contribution in [0.15, 0.2) is 42.7 Å². The maximum Gasteiger partial charge on any atom is 0.0835 e. The molecule has 2 nitrogen and oxygen atoms in total. The Hall–Kier alpha value is -1.98. The van der Waals surface area contributed by atoms with E-state index in [1.165, 1.54) is 12.0 Å². The summed E-state index contributed by atoms with van der Waals surface area (Å²) in [6.07, 6.45) is 8.15. The summed E-state index contributed by atoms with van der Waals surface area (Å²) in [4.78, 5) is 0. The number of aromatic nitrogens is 1. The molecule has 0 aliphatic heterocycles. The summed E-state index contributed by atoms with van der Waals surface area (Å²) in [6.45, 7) is 0.675. The molecule has 1 aromatic carbocycles. The number of hydrogen-bond acceptors (Lipinski definition) is 1. The first kappa shape index (κ1) is 13.0. The smallest absolute Gasteiger partial charge is 0.0835 e. The first-order chi connectivity index (χ1) is 9.83. The van der Waals surface area contributed by atoms with Crippen LogP contribution in [0.2, 0.25) is 0 Å². The summed E-state index contributed by atoms with van der Waals surface area (Å²) in [7, 11) is 0. The summed E-state index contributed by atoms with van der Waals surface area (Å²) < 4.78 is 2.09. The molecule has 0 saturated carbocycles. The van der Waals surface area contributed by atoms with Crippen LogP contribution in [-0.2, 0) is 13.0 Å². The third-order valence-corrected chi connectivity index (χ3v) is 3.80. The summed E-state index contributed by atoms with van der Waals surface area (Å²) in [6, 6.07) is 10.0. The van der Waals surface area contributed by atoms with Crippen molar-refractivity contribution in [1.29, 1.82) is 0 Å². The number of aliphatic hydroxyl groups is 1. The lowest BCUT2D eigenvalue weighted by Gasteiger charge is -2.05.